The first kappa shape index (κ1) is 11.3. The summed E-state index contributed by atoms with van der Waals surface area (Å²) < 4.78 is 1.88. The molecule has 18 heavy (non-hydrogen) atoms. The lowest BCUT2D eigenvalue weighted by Gasteiger charge is -2.15. The third-order valence-corrected chi connectivity index (χ3v) is 3.94. The monoisotopic (exact) mass is 241 g/mol. The predicted molar refractivity (Wildman–Crippen MR) is 74.1 cm³/mol. The van der Waals surface area contributed by atoms with Gasteiger partial charge in [0.15, 0.2) is 0 Å². The zero-order valence-electron chi connectivity index (χ0n) is 11.2. The zero-order chi connectivity index (χ0) is 12.9. The summed E-state index contributed by atoms with van der Waals surface area (Å²) in [4.78, 5) is 0. The lowest BCUT2D eigenvalue weighted by molar-refractivity contribution is 0.499. The quantitative estimate of drug-likeness (QED) is 0.834. The number of nitrogens with two attached hydrogens (primary N) is 1. The van der Waals surface area contributed by atoms with E-state index in [-0.39, 0.29) is 5.41 Å². The Balaban J connectivity index is 2.13. The average molecular weight is 241 g/mol. The van der Waals surface area contributed by atoms with Crippen LogP contribution in [0.1, 0.15) is 37.1 Å². The van der Waals surface area contributed by atoms with Crippen LogP contribution >= 0.6 is 0 Å². The van der Waals surface area contributed by atoms with Crippen molar-refractivity contribution in [3.63, 3.8) is 0 Å². The minimum atomic E-state index is 0.152. The van der Waals surface area contributed by atoms with Crippen molar-refractivity contribution in [3.8, 4) is 5.69 Å². The van der Waals surface area contributed by atoms with Crippen molar-refractivity contribution in [2.75, 3.05) is 5.73 Å². The van der Waals surface area contributed by atoms with Crippen molar-refractivity contribution >= 4 is 5.82 Å². The molecule has 2 N–H and O–H groups in total. The van der Waals surface area contributed by atoms with Crippen molar-refractivity contribution < 1.29 is 0 Å². The Bertz CT molecular complexity index is 591. The van der Waals surface area contributed by atoms with E-state index in [9.17, 15) is 0 Å². The molecule has 1 aromatic carbocycles. The second kappa shape index (κ2) is 3.61. The lowest BCUT2D eigenvalue weighted by Crippen LogP contribution is -2.14. The van der Waals surface area contributed by atoms with Crippen LogP contribution in [0.2, 0.25) is 0 Å². The minimum absolute atomic E-state index is 0.152. The standard InChI is InChI=1S/C15H19N3/c1-10-4-6-11(7-5-10)18-14(16)12-8-9-15(2,3)13(12)17-18/h4-7H,8-9,16H2,1-3H3. The molecule has 0 unspecified atom stereocenters. The van der Waals surface area contributed by atoms with Gasteiger partial charge >= 0.3 is 0 Å². The molecule has 0 saturated heterocycles. The molecule has 3 rings (SSSR count). The molecule has 1 aliphatic carbocycles. The summed E-state index contributed by atoms with van der Waals surface area (Å²) in [5.74, 6) is 0.805. The smallest absolute Gasteiger partial charge is 0.130 e. The highest BCUT2D eigenvalue weighted by molar-refractivity contribution is 5.54. The number of hydrogen-bond acceptors (Lipinski definition) is 2. The Hall–Kier alpha value is -1.77. The Morgan fingerprint density at radius 2 is 1.89 bits per heavy atom. The topological polar surface area (TPSA) is 43.8 Å². The van der Waals surface area contributed by atoms with Gasteiger partial charge in [0.2, 0.25) is 0 Å². The van der Waals surface area contributed by atoms with Gasteiger partial charge in [0, 0.05) is 11.0 Å². The number of nitrogens with zero attached hydrogens (tertiary/aromatic N) is 2. The van der Waals surface area contributed by atoms with Gasteiger partial charge in [0.05, 0.1) is 11.4 Å². The average Bonchev–Trinajstić information content (AvgIpc) is 2.80. The Kier molecular flexibility index (Phi) is 2.27. The summed E-state index contributed by atoms with van der Waals surface area (Å²) >= 11 is 0. The minimum Gasteiger partial charge on any atom is -0.383 e. The molecule has 0 radical (unpaired) electrons. The third kappa shape index (κ3) is 1.54. The van der Waals surface area contributed by atoms with Gasteiger partial charge in [-0.05, 0) is 31.9 Å². The molecule has 3 heteroatoms. The first-order valence-electron chi connectivity index (χ1n) is 6.44. The number of aryl methyl sites for hydroxylation is 1. The van der Waals surface area contributed by atoms with E-state index < -0.39 is 0 Å². The van der Waals surface area contributed by atoms with Gasteiger partial charge in [0.25, 0.3) is 0 Å². The van der Waals surface area contributed by atoms with Crippen LogP contribution < -0.4 is 5.73 Å². The normalized spacial score (nSPS) is 16.8. The number of hydrogen-bond donors (Lipinski definition) is 1. The van der Waals surface area contributed by atoms with E-state index in [0.717, 1.165) is 24.3 Å². The maximum Gasteiger partial charge on any atom is 0.130 e. The van der Waals surface area contributed by atoms with Crippen molar-refractivity contribution in [1.29, 1.82) is 0 Å². The molecule has 0 fully saturated rings. The molecule has 1 aromatic heterocycles. The molecule has 1 aliphatic rings. The van der Waals surface area contributed by atoms with Gasteiger partial charge in [0.1, 0.15) is 5.82 Å². The van der Waals surface area contributed by atoms with Crippen LogP contribution in [-0.2, 0) is 11.8 Å². The fourth-order valence-corrected chi connectivity index (χ4v) is 2.69. The molecule has 2 aromatic rings. The van der Waals surface area contributed by atoms with Gasteiger partial charge in [-0.1, -0.05) is 31.5 Å². The maximum absolute atomic E-state index is 6.25. The first-order chi connectivity index (χ1) is 8.49. The molecule has 3 nitrogen and oxygen atoms in total. The molecule has 0 saturated carbocycles. The largest absolute Gasteiger partial charge is 0.383 e. The Morgan fingerprint density at radius 3 is 2.50 bits per heavy atom. The summed E-state index contributed by atoms with van der Waals surface area (Å²) in [7, 11) is 0. The first-order valence-corrected chi connectivity index (χ1v) is 6.44. The number of rotatable bonds is 1. The fraction of sp³-hybridized carbons (Fsp3) is 0.400. The molecule has 94 valence electrons. The van der Waals surface area contributed by atoms with Crippen LogP contribution in [0.5, 0.6) is 0 Å². The van der Waals surface area contributed by atoms with Crippen LogP contribution in [-0.4, -0.2) is 9.78 Å². The number of anilines is 1. The SMILES string of the molecule is Cc1ccc(-n2nc3c(c2N)CCC3(C)C)cc1. The molecule has 1 heterocycles. The van der Waals surface area contributed by atoms with Crippen molar-refractivity contribution in [1.82, 2.24) is 9.78 Å². The molecule has 0 aliphatic heterocycles. The van der Waals surface area contributed by atoms with Crippen molar-refractivity contribution in [2.45, 2.75) is 39.0 Å². The number of fused-ring (bicyclic) bond motifs is 1. The molecule has 0 amide bonds. The van der Waals surface area contributed by atoms with Gasteiger partial charge in [-0.2, -0.15) is 5.10 Å². The predicted octanol–water partition coefficient (Wildman–Crippen LogP) is 2.99. The van der Waals surface area contributed by atoms with Gasteiger partial charge in [-0.15, -0.1) is 0 Å². The van der Waals surface area contributed by atoms with Crippen LogP contribution in [0, 0.1) is 6.92 Å². The van der Waals surface area contributed by atoms with E-state index >= 15 is 0 Å². The van der Waals surface area contributed by atoms with Gasteiger partial charge in [-0.3, -0.25) is 0 Å². The summed E-state index contributed by atoms with van der Waals surface area (Å²) in [6, 6.07) is 8.32. The van der Waals surface area contributed by atoms with E-state index in [1.54, 1.807) is 0 Å². The maximum atomic E-state index is 6.25. The highest BCUT2D eigenvalue weighted by atomic mass is 15.3. The molecule has 0 atom stereocenters. The molecular formula is C15H19N3. The number of benzene rings is 1. The third-order valence-electron chi connectivity index (χ3n) is 3.94. The summed E-state index contributed by atoms with van der Waals surface area (Å²) in [6.07, 6.45) is 2.18. The summed E-state index contributed by atoms with van der Waals surface area (Å²) in [5.41, 5.74) is 11.1. The highest BCUT2D eigenvalue weighted by Gasteiger charge is 2.35. The number of aromatic nitrogens is 2. The Labute approximate surface area is 108 Å². The second-order valence-electron chi connectivity index (χ2n) is 5.84. The number of nitrogen functional groups attached to an aromatic ring is 1. The highest BCUT2D eigenvalue weighted by Crippen LogP contribution is 2.40. The van der Waals surface area contributed by atoms with Crippen LogP contribution in [0.3, 0.4) is 0 Å². The lowest BCUT2D eigenvalue weighted by atomic mass is 9.91. The second-order valence-corrected chi connectivity index (χ2v) is 5.84. The zero-order valence-corrected chi connectivity index (χ0v) is 11.2. The van der Waals surface area contributed by atoms with Gasteiger partial charge in [-0.25, -0.2) is 4.68 Å². The molecule has 0 bridgehead atoms. The van der Waals surface area contributed by atoms with E-state index in [2.05, 4.69) is 45.0 Å². The van der Waals surface area contributed by atoms with Crippen LogP contribution in [0.15, 0.2) is 24.3 Å². The van der Waals surface area contributed by atoms with Crippen LogP contribution in [0.25, 0.3) is 5.69 Å². The fourth-order valence-electron chi connectivity index (χ4n) is 2.69. The van der Waals surface area contributed by atoms with Crippen molar-refractivity contribution in [2.24, 2.45) is 0 Å². The van der Waals surface area contributed by atoms with E-state index in [1.165, 1.54) is 16.8 Å². The van der Waals surface area contributed by atoms with E-state index in [1.807, 2.05) is 4.68 Å². The van der Waals surface area contributed by atoms with Crippen LogP contribution in [0.4, 0.5) is 5.82 Å². The van der Waals surface area contributed by atoms with E-state index in [0.29, 0.717) is 0 Å². The van der Waals surface area contributed by atoms with Crippen molar-refractivity contribution in [3.05, 3.63) is 41.1 Å². The summed E-state index contributed by atoms with van der Waals surface area (Å²) in [5, 5.41) is 4.73. The van der Waals surface area contributed by atoms with E-state index in [4.69, 9.17) is 10.8 Å². The summed E-state index contributed by atoms with van der Waals surface area (Å²) in [6.45, 7) is 6.56. The van der Waals surface area contributed by atoms with Gasteiger partial charge < -0.3 is 5.73 Å². The molecule has 0 spiro atoms. The Morgan fingerprint density at radius 1 is 1.22 bits per heavy atom. The molecular weight excluding hydrogens is 222 g/mol.